The third kappa shape index (κ3) is 5.65. The molecule has 1 saturated carbocycles. The molecule has 0 heterocycles. The van der Waals surface area contributed by atoms with Crippen LogP contribution < -0.4 is 0 Å². The molecule has 25 heavy (non-hydrogen) atoms. The van der Waals surface area contributed by atoms with Crippen molar-refractivity contribution in [2.75, 3.05) is 0 Å². The number of alkyl halides is 2. The lowest BCUT2D eigenvalue weighted by Crippen LogP contribution is -2.38. The second kappa shape index (κ2) is 9.49. The molecule has 0 spiro atoms. The van der Waals surface area contributed by atoms with Gasteiger partial charge in [-0.3, -0.25) is 4.79 Å². The van der Waals surface area contributed by atoms with Gasteiger partial charge in [-0.2, -0.15) is 0 Å². The van der Waals surface area contributed by atoms with Crippen LogP contribution in [0.25, 0.3) is 0 Å². The summed E-state index contributed by atoms with van der Waals surface area (Å²) in [6.45, 7) is 2.22. The maximum absolute atomic E-state index is 12.8. The molecule has 0 aromatic carbocycles. The molecule has 4 heteroatoms. The maximum Gasteiger partial charge on any atom is 0.309 e. The summed E-state index contributed by atoms with van der Waals surface area (Å²) in [5, 5.41) is 9.43. The van der Waals surface area contributed by atoms with Gasteiger partial charge in [0.25, 0.3) is 0 Å². The van der Waals surface area contributed by atoms with E-state index in [1.54, 1.807) is 0 Å². The first-order chi connectivity index (χ1) is 12.0. The minimum absolute atomic E-state index is 0.384. The summed E-state index contributed by atoms with van der Waals surface area (Å²) >= 11 is 0. The molecule has 0 bridgehead atoms. The summed E-state index contributed by atoms with van der Waals surface area (Å²) in [7, 11) is 0. The second-order valence-electron chi connectivity index (χ2n) is 7.87. The highest BCUT2D eigenvalue weighted by Crippen LogP contribution is 2.46. The maximum atomic E-state index is 12.8. The van der Waals surface area contributed by atoms with Crippen LogP contribution in [0.2, 0.25) is 0 Å². The lowest BCUT2D eigenvalue weighted by Gasteiger charge is -2.39. The first kappa shape index (κ1) is 20.1. The van der Waals surface area contributed by atoms with Gasteiger partial charge in [-0.25, -0.2) is 8.78 Å². The minimum atomic E-state index is -2.54. The number of carboxylic acid groups (broad SMARTS) is 1. The molecule has 0 radical (unpaired) electrons. The molecule has 0 aromatic heterocycles. The topological polar surface area (TPSA) is 37.3 Å². The van der Waals surface area contributed by atoms with Crippen LogP contribution in [0.15, 0.2) is 23.8 Å². The van der Waals surface area contributed by atoms with Gasteiger partial charge >= 0.3 is 5.97 Å². The molecule has 2 aliphatic carbocycles. The zero-order valence-electron chi connectivity index (χ0n) is 15.4. The van der Waals surface area contributed by atoms with Gasteiger partial charge in [-0.05, 0) is 56.8 Å². The van der Waals surface area contributed by atoms with Crippen LogP contribution in [0.1, 0.15) is 77.6 Å². The lowest BCUT2D eigenvalue weighted by atomic mass is 9.65. The Balaban J connectivity index is 1.81. The third-order valence-electron chi connectivity index (χ3n) is 6.12. The monoisotopic (exact) mass is 354 g/mol. The van der Waals surface area contributed by atoms with Crippen LogP contribution in [0, 0.1) is 17.3 Å². The number of carbonyl (C=O) groups is 1. The van der Waals surface area contributed by atoms with E-state index in [-0.39, 0.29) is 0 Å². The molecule has 1 atom stereocenters. The summed E-state index contributed by atoms with van der Waals surface area (Å²) in [6.07, 6.45) is 13.3. The van der Waals surface area contributed by atoms with Crippen LogP contribution >= 0.6 is 0 Å². The van der Waals surface area contributed by atoms with Gasteiger partial charge in [0, 0.05) is 6.42 Å². The minimum Gasteiger partial charge on any atom is -0.481 e. The van der Waals surface area contributed by atoms with Gasteiger partial charge in [-0.15, -0.1) is 0 Å². The molecule has 2 rings (SSSR count). The fourth-order valence-electron chi connectivity index (χ4n) is 4.39. The number of hydrogen-bond donors (Lipinski definition) is 1. The van der Waals surface area contributed by atoms with Crippen molar-refractivity contribution in [3.63, 3.8) is 0 Å². The Morgan fingerprint density at radius 3 is 2.52 bits per heavy atom. The van der Waals surface area contributed by atoms with Crippen molar-refractivity contribution in [3.8, 4) is 0 Å². The Morgan fingerprint density at radius 2 is 2.00 bits per heavy atom. The number of unbranched alkanes of at least 4 members (excludes halogenated alkanes) is 3. The second-order valence-corrected chi connectivity index (χ2v) is 7.87. The third-order valence-corrected chi connectivity index (χ3v) is 6.12. The van der Waals surface area contributed by atoms with E-state index in [9.17, 15) is 18.7 Å². The van der Waals surface area contributed by atoms with Crippen molar-refractivity contribution in [1.82, 2.24) is 0 Å². The molecule has 0 aromatic rings. The molecular weight excluding hydrogens is 322 g/mol. The normalized spacial score (nSPS) is 29.7. The van der Waals surface area contributed by atoms with E-state index in [0.717, 1.165) is 25.7 Å². The molecule has 2 nitrogen and oxygen atoms in total. The number of halogens is 2. The predicted octanol–water partition coefficient (Wildman–Crippen LogP) is 6.38. The number of aliphatic carboxylic acids is 1. The lowest BCUT2D eigenvalue weighted by molar-refractivity contribution is -0.155. The molecule has 0 saturated heterocycles. The van der Waals surface area contributed by atoms with Crippen LogP contribution in [0.4, 0.5) is 8.78 Å². The number of carboxylic acids is 1. The SMILES string of the molecule is CCCCCCC1=CCC([C@H]2CC[C@](CC(F)F)(C(=O)O)CC2)C=C1. The first-order valence-electron chi connectivity index (χ1n) is 9.85. The van der Waals surface area contributed by atoms with Gasteiger partial charge in [0.15, 0.2) is 0 Å². The molecule has 1 N–H and O–H groups in total. The average molecular weight is 354 g/mol. The van der Waals surface area contributed by atoms with Gasteiger partial charge in [0.05, 0.1) is 5.41 Å². The van der Waals surface area contributed by atoms with Crippen molar-refractivity contribution in [1.29, 1.82) is 0 Å². The van der Waals surface area contributed by atoms with E-state index in [4.69, 9.17) is 0 Å². The fraction of sp³-hybridized carbons (Fsp3) is 0.762. The summed E-state index contributed by atoms with van der Waals surface area (Å²) in [6, 6.07) is 0. The Bertz CT molecular complexity index is 488. The molecule has 0 amide bonds. The van der Waals surface area contributed by atoms with Crippen molar-refractivity contribution < 1.29 is 18.7 Å². The Hall–Kier alpha value is -1.19. The Labute approximate surface area is 150 Å². The fourth-order valence-corrected chi connectivity index (χ4v) is 4.39. The number of hydrogen-bond acceptors (Lipinski definition) is 1. The van der Waals surface area contributed by atoms with E-state index in [0.29, 0.717) is 24.7 Å². The molecule has 1 unspecified atom stereocenters. The highest BCUT2D eigenvalue weighted by Gasteiger charge is 2.44. The molecule has 2 aliphatic rings. The molecule has 1 fully saturated rings. The van der Waals surface area contributed by atoms with E-state index in [2.05, 4.69) is 25.2 Å². The number of rotatable bonds is 9. The standard InChI is InChI=1S/C21H32F2O2/c1-2-3-4-5-6-16-7-9-17(10-8-16)18-11-13-21(14-12-18,20(24)25)15-19(22)23/h7-9,17-19H,2-6,10-15H2,1H3,(H,24,25)/t17?,18-,21-. The van der Waals surface area contributed by atoms with E-state index in [1.807, 2.05) is 0 Å². The van der Waals surface area contributed by atoms with Gasteiger partial charge in [-0.1, -0.05) is 50.0 Å². The van der Waals surface area contributed by atoms with Gasteiger partial charge in [0.1, 0.15) is 0 Å². The Morgan fingerprint density at radius 1 is 1.28 bits per heavy atom. The van der Waals surface area contributed by atoms with Crippen molar-refractivity contribution in [2.24, 2.45) is 17.3 Å². The van der Waals surface area contributed by atoms with Crippen molar-refractivity contribution >= 4 is 5.97 Å². The van der Waals surface area contributed by atoms with Crippen LogP contribution in [0.3, 0.4) is 0 Å². The largest absolute Gasteiger partial charge is 0.481 e. The summed E-state index contributed by atoms with van der Waals surface area (Å²) in [4.78, 5) is 11.5. The van der Waals surface area contributed by atoms with Crippen LogP contribution in [0.5, 0.6) is 0 Å². The summed E-state index contributed by atoms with van der Waals surface area (Å²) < 4.78 is 25.6. The van der Waals surface area contributed by atoms with Gasteiger partial charge in [0.2, 0.25) is 6.43 Å². The average Bonchev–Trinajstić information content (AvgIpc) is 2.59. The summed E-state index contributed by atoms with van der Waals surface area (Å²) in [5.41, 5.74) is 0.212. The van der Waals surface area contributed by atoms with E-state index < -0.39 is 24.2 Å². The predicted molar refractivity (Wildman–Crippen MR) is 96.7 cm³/mol. The van der Waals surface area contributed by atoms with Crippen LogP contribution in [-0.4, -0.2) is 17.5 Å². The zero-order chi connectivity index (χ0) is 18.3. The van der Waals surface area contributed by atoms with Crippen LogP contribution in [-0.2, 0) is 4.79 Å². The number of allylic oxidation sites excluding steroid dienone is 4. The highest BCUT2D eigenvalue weighted by atomic mass is 19.3. The van der Waals surface area contributed by atoms with Crippen molar-refractivity contribution in [3.05, 3.63) is 23.8 Å². The Kier molecular flexibility index (Phi) is 7.64. The smallest absolute Gasteiger partial charge is 0.309 e. The molecule has 142 valence electrons. The van der Waals surface area contributed by atoms with E-state index >= 15 is 0 Å². The zero-order valence-corrected chi connectivity index (χ0v) is 15.4. The van der Waals surface area contributed by atoms with Gasteiger partial charge < -0.3 is 5.11 Å². The quantitative estimate of drug-likeness (QED) is 0.488. The van der Waals surface area contributed by atoms with Crippen molar-refractivity contribution in [2.45, 2.75) is 84.0 Å². The summed E-state index contributed by atoms with van der Waals surface area (Å²) in [5.74, 6) is -0.170. The molecule has 0 aliphatic heterocycles. The highest BCUT2D eigenvalue weighted by molar-refractivity contribution is 5.74. The molecular formula is C21H32F2O2. The van der Waals surface area contributed by atoms with E-state index in [1.165, 1.54) is 31.3 Å². The first-order valence-corrected chi connectivity index (χ1v) is 9.85.